The lowest BCUT2D eigenvalue weighted by molar-refractivity contribution is 0.330. The van der Waals surface area contributed by atoms with Gasteiger partial charge in [0.05, 0.1) is 0 Å². The van der Waals surface area contributed by atoms with Crippen molar-refractivity contribution in [2.24, 2.45) is 0 Å². The van der Waals surface area contributed by atoms with Crippen LogP contribution in [0.25, 0.3) is 0 Å². The summed E-state index contributed by atoms with van der Waals surface area (Å²) in [6.07, 6.45) is 8.04. The van der Waals surface area contributed by atoms with Gasteiger partial charge in [0.2, 0.25) is 10.0 Å². The first-order valence-electron chi connectivity index (χ1n) is 10.6. The molecule has 7 heteroatoms. The number of pyridine rings is 1. The molecule has 0 amide bonds. The van der Waals surface area contributed by atoms with E-state index < -0.39 is 10.0 Å². The summed E-state index contributed by atoms with van der Waals surface area (Å²) in [6, 6.07) is 11.9. The van der Waals surface area contributed by atoms with Crippen LogP contribution in [0.1, 0.15) is 49.7 Å². The van der Waals surface area contributed by atoms with E-state index >= 15 is 0 Å². The van der Waals surface area contributed by atoms with Crippen LogP contribution in [0, 0.1) is 0 Å². The molecule has 0 radical (unpaired) electrons. The highest BCUT2D eigenvalue weighted by Crippen LogP contribution is 2.21. The van der Waals surface area contributed by atoms with Crippen molar-refractivity contribution in [1.29, 1.82) is 0 Å². The Morgan fingerprint density at radius 2 is 1.69 bits per heavy atom. The Morgan fingerprint density at radius 1 is 0.966 bits per heavy atom. The van der Waals surface area contributed by atoms with Crippen molar-refractivity contribution in [2.75, 3.05) is 18.4 Å². The molecule has 1 aliphatic carbocycles. The van der Waals surface area contributed by atoms with Gasteiger partial charge in [-0.25, -0.2) is 18.1 Å². The van der Waals surface area contributed by atoms with E-state index in [1.54, 1.807) is 12.1 Å². The van der Waals surface area contributed by atoms with Crippen LogP contribution in [-0.2, 0) is 23.1 Å². The van der Waals surface area contributed by atoms with Gasteiger partial charge in [-0.05, 0) is 62.0 Å². The van der Waals surface area contributed by atoms with Gasteiger partial charge in [-0.3, -0.25) is 4.90 Å². The molecule has 1 saturated carbocycles. The predicted octanol–water partition coefficient (Wildman–Crippen LogP) is 3.51. The average molecular weight is 415 g/mol. The number of anilines is 1. The third kappa shape index (κ3) is 5.35. The van der Waals surface area contributed by atoms with Gasteiger partial charge in [-0.15, -0.1) is 0 Å². The Hall–Kier alpha value is -1.96. The monoisotopic (exact) mass is 414 g/mol. The molecule has 6 nitrogen and oxygen atoms in total. The molecule has 2 fully saturated rings. The first kappa shape index (κ1) is 20.3. The zero-order chi connectivity index (χ0) is 20.1. The van der Waals surface area contributed by atoms with E-state index in [0.29, 0.717) is 12.4 Å². The third-order valence-electron chi connectivity index (χ3n) is 5.89. The van der Waals surface area contributed by atoms with Crippen LogP contribution < -0.4 is 10.0 Å². The number of nitrogens with one attached hydrogen (secondary N) is 2. The van der Waals surface area contributed by atoms with Crippen LogP contribution in [0.2, 0.25) is 0 Å². The maximum Gasteiger partial charge on any atom is 0.242 e. The van der Waals surface area contributed by atoms with E-state index in [1.807, 2.05) is 0 Å². The summed E-state index contributed by atoms with van der Waals surface area (Å²) >= 11 is 0. The van der Waals surface area contributed by atoms with Crippen molar-refractivity contribution in [3.63, 3.8) is 0 Å². The van der Waals surface area contributed by atoms with Crippen molar-refractivity contribution in [3.8, 4) is 0 Å². The number of benzene rings is 1. The van der Waals surface area contributed by atoms with Crippen LogP contribution >= 0.6 is 0 Å². The van der Waals surface area contributed by atoms with Gasteiger partial charge in [-0.1, -0.05) is 37.1 Å². The minimum absolute atomic E-state index is 0.0601. The van der Waals surface area contributed by atoms with Crippen molar-refractivity contribution >= 4 is 15.8 Å². The molecule has 4 rings (SSSR count). The molecular formula is C22H30N4O2S. The van der Waals surface area contributed by atoms with Gasteiger partial charge >= 0.3 is 0 Å². The number of aromatic nitrogens is 1. The molecular weight excluding hydrogens is 384 g/mol. The number of nitrogens with zero attached hydrogens (tertiary/aromatic N) is 2. The fourth-order valence-electron chi connectivity index (χ4n) is 4.23. The fourth-order valence-corrected chi connectivity index (χ4v) is 5.48. The normalized spacial score (nSPS) is 18.3. The lowest BCUT2D eigenvalue weighted by atomic mass is 10.1. The number of rotatable bonds is 8. The van der Waals surface area contributed by atoms with Crippen LogP contribution in [0.4, 0.5) is 5.82 Å². The largest absolute Gasteiger partial charge is 0.366 e. The summed E-state index contributed by atoms with van der Waals surface area (Å²) in [5, 5.41) is 3.33. The molecule has 1 saturated heterocycles. The lowest BCUT2D eigenvalue weighted by Crippen LogP contribution is -2.32. The van der Waals surface area contributed by atoms with Gasteiger partial charge in [0.1, 0.15) is 10.7 Å². The van der Waals surface area contributed by atoms with E-state index in [4.69, 9.17) is 0 Å². The second-order valence-corrected chi connectivity index (χ2v) is 9.80. The summed E-state index contributed by atoms with van der Waals surface area (Å²) in [5.41, 5.74) is 2.59. The number of hydrogen-bond donors (Lipinski definition) is 2. The number of sulfonamides is 1. The average Bonchev–Trinajstić information content (AvgIpc) is 3.42. The number of likely N-dealkylation sites (tertiary alicyclic amines) is 1. The zero-order valence-corrected chi connectivity index (χ0v) is 17.6. The van der Waals surface area contributed by atoms with Gasteiger partial charge in [-0.2, -0.15) is 0 Å². The fraction of sp³-hybridized carbons (Fsp3) is 0.500. The minimum Gasteiger partial charge on any atom is -0.366 e. The van der Waals surface area contributed by atoms with Crippen molar-refractivity contribution in [1.82, 2.24) is 14.6 Å². The summed E-state index contributed by atoms with van der Waals surface area (Å²) in [7, 11) is -3.49. The second-order valence-electron chi connectivity index (χ2n) is 8.09. The van der Waals surface area contributed by atoms with E-state index in [2.05, 4.69) is 44.2 Å². The molecule has 0 spiro atoms. The zero-order valence-electron chi connectivity index (χ0n) is 16.8. The van der Waals surface area contributed by atoms with Gasteiger partial charge < -0.3 is 5.32 Å². The first-order valence-corrected chi connectivity index (χ1v) is 12.1. The summed E-state index contributed by atoms with van der Waals surface area (Å²) in [5.74, 6) is 0.681. The molecule has 0 unspecified atom stereocenters. The van der Waals surface area contributed by atoms with Gasteiger partial charge in [0.15, 0.2) is 0 Å². The Labute approximate surface area is 173 Å². The van der Waals surface area contributed by atoms with E-state index in [9.17, 15) is 8.42 Å². The van der Waals surface area contributed by atoms with Crippen molar-refractivity contribution in [3.05, 3.63) is 53.7 Å². The molecule has 2 N–H and O–H groups in total. The third-order valence-corrected chi connectivity index (χ3v) is 7.40. The first-order chi connectivity index (χ1) is 14.1. The molecule has 2 aliphatic rings. The molecule has 156 valence electrons. The molecule has 29 heavy (non-hydrogen) atoms. The second kappa shape index (κ2) is 9.24. The molecule has 2 heterocycles. The van der Waals surface area contributed by atoms with Crippen LogP contribution in [0.5, 0.6) is 0 Å². The SMILES string of the molecule is O=S(=O)(NC1CCCC1)c1ccc(NCc2ccccc2CN2CCCC2)nc1. The Morgan fingerprint density at radius 3 is 2.38 bits per heavy atom. The molecule has 0 atom stereocenters. The maximum absolute atomic E-state index is 12.5. The summed E-state index contributed by atoms with van der Waals surface area (Å²) in [6.45, 7) is 4.00. The Bertz CT molecular complexity index is 903. The predicted molar refractivity (Wildman–Crippen MR) is 115 cm³/mol. The molecule has 1 aliphatic heterocycles. The van der Waals surface area contributed by atoms with Crippen LogP contribution in [0.15, 0.2) is 47.5 Å². The minimum atomic E-state index is -3.49. The highest BCUT2D eigenvalue weighted by atomic mass is 32.2. The molecule has 2 aromatic rings. The molecule has 1 aromatic carbocycles. The van der Waals surface area contributed by atoms with Crippen molar-refractivity contribution in [2.45, 2.75) is 62.6 Å². The standard InChI is InChI=1S/C22H30N4O2S/c27-29(28,25-20-9-3-4-10-20)21-11-12-22(24-16-21)23-15-18-7-1-2-8-19(18)17-26-13-5-6-14-26/h1-2,7-8,11-12,16,20,25H,3-6,9-10,13-15,17H2,(H,23,24). The van der Waals surface area contributed by atoms with E-state index in [-0.39, 0.29) is 10.9 Å². The molecule has 1 aromatic heterocycles. The van der Waals surface area contributed by atoms with Gasteiger partial charge in [0, 0.05) is 25.3 Å². The van der Waals surface area contributed by atoms with Crippen LogP contribution in [-0.4, -0.2) is 37.4 Å². The van der Waals surface area contributed by atoms with Crippen molar-refractivity contribution < 1.29 is 8.42 Å². The quantitative estimate of drug-likeness (QED) is 0.691. The number of hydrogen-bond acceptors (Lipinski definition) is 5. The molecule has 0 bridgehead atoms. The van der Waals surface area contributed by atoms with Gasteiger partial charge in [0.25, 0.3) is 0 Å². The maximum atomic E-state index is 12.5. The van der Waals surface area contributed by atoms with E-state index in [0.717, 1.165) is 32.2 Å². The smallest absolute Gasteiger partial charge is 0.242 e. The summed E-state index contributed by atoms with van der Waals surface area (Å²) in [4.78, 5) is 7.05. The van der Waals surface area contributed by atoms with E-state index in [1.165, 1.54) is 43.3 Å². The Kier molecular flexibility index (Phi) is 6.47. The summed E-state index contributed by atoms with van der Waals surface area (Å²) < 4.78 is 27.8. The van der Waals surface area contributed by atoms with Crippen LogP contribution in [0.3, 0.4) is 0 Å². The highest BCUT2D eigenvalue weighted by molar-refractivity contribution is 7.89. The Balaban J connectivity index is 1.37. The highest BCUT2D eigenvalue weighted by Gasteiger charge is 2.23. The lowest BCUT2D eigenvalue weighted by Gasteiger charge is -2.18. The topological polar surface area (TPSA) is 74.3 Å².